The largest absolute Gasteiger partial charge is 0.360 e. The molecule has 1 atom stereocenters. The van der Waals surface area contributed by atoms with Crippen molar-refractivity contribution < 1.29 is 4.79 Å². The molecule has 1 saturated heterocycles. The third-order valence-electron chi connectivity index (χ3n) is 4.96. The lowest BCUT2D eigenvalue weighted by atomic mass is 9.89. The summed E-state index contributed by atoms with van der Waals surface area (Å²) in [5, 5.41) is 4.42. The minimum atomic E-state index is 0.173. The first-order valence-corrected chi connectivity index (χ1v) is 9.31. The molecule has 2 aromatic rings. The summed E-state index contributed by atoms with van der Waals surface area (Å²) in [7, 11) is 0. The van der Waals surface area contributed by atoms with Gasteiger partial charge in [-0.25, -0.2) is 9.97 Å². The van der Waals surface area contributed by atoms with Crippen LogP contribution in [-0.2, 0) is 17.6 Å². The molecule has 1 aliphatic carbocycles. The maximum absolute atomic E-state index is 12.2. The van der Waals surface area contributed by atoms with E-state index in [0.29, 0.717) is 6.54 Å². The Morgan fingerprint density at radius 1 is 1.39 bits per heavy atom. The number of aromatic nitrogens is 2. The highest BCUT2D eigenvalue weighted by atomic mass is 32.1. The average Bonchev–Trinajstić information content (AvgIpc) is 3.19. The molecule has 2 aromatic heterocycles. The Hall–Kier alpha value is -1.69. The molecule has 1 fully saturated rings. The molecule has 0 aromatic carbocycles. The van der Waals surface area contributed by atoms with Crippen molar-refractivity contribution in [2.45, 2.75) is 39.0 Å². The molecule has 122 valence electrons. The Morgan fingerprint density at radius 3 is 3.04 bits per heavy atom. The zero-order valence-electron chi connectivity index (χ0n) is 13.5. The van der Waals surface area contributed by atoms with Gasteiger partial charge in [0.2, 0.25) is 5.91 Å². The zero-order valence-corrected chi connectivity index (χ0v) is 14.3. The SMILES string of the molecule is C[C@H]1CCc2c(sc3ncnc(NCC(=O)N4CCCC4)c23)C1. The Morgan fingerprint density at radius 2 is 2.22 bits per heavy atom. The fraction of sp³-hybridized carbons (Fsp3) is 0.588. The van der Waals surface area contributed by atoms with E-state index in [1.54, 1.807) is 17.7 Å². The van der Waals surface area contributed by atoms with E-state index >= 15 is 0 Å². The number of hydrogen-bond donors (Lipinski definition) is 1. The lowest BCUT2D eigenvalue weighted by molar-refractivity contribution is -0.128. The number of carbonyl (C=O) groups excluding carboxylic acids is 1. The molecule has 3 heterocycles. The fourth-order valence-corrected chi connectivity index (χ4v) is 5.00. The molecule has 23 heavy (non-hydrogen) atoms. The number of fused-ring (bicyclic) bond motifs is 3. The Bertz CT molecular complexity index is 736. The van der Waals surface area contributed by atoms with Gasteiger partial charge in [0.25, 0.3) is 0 Å². The molecule has 0 saturated carbocycles. The van der Waals surface area contributed by atoms with Crippen LogP contribution in [0.15, 0.2) is 6.33 Å². The predicted octanol–water partition coefficient (Wildman–Crippen LogP) is 2.85. The number of thiophene rings is 1. The molecular formula is C17H22N4OS. The number of nitrogens with one attached hydrogen (secondary N) is 1. The Balaban J connectivity index is 1.58. The summed E-state index contributed by atoms with van der Waals surface area (Å²) in [6.07, 6.45) is 7.32. The summed E-state index contributed by atoms with van der Waals surface area (Å²) in [5.41, 5.74) is 1.40. The van der Waals surface area contributed by atoms with Crippen LogP contribution in [0.5, 0.6) is 0 Å². The van der Waals surface area contributed by atoms with Crippen LogP contribution in [-0.4, -0.2) is 40.4 Å². The first-order chi connectivity index (χ1) is 11.2. The summed E-state index contributed by atoms with van der Waals surface area (Å²) in [6.45, 7) is 4.43. The predicted molar refractivity (Wildman–Crippen MR) is 92.9 cm³/mol. The first kappa shape index (κ1) is 14.9. The van der Waals surface area contributed by atoms with Crippen LogP contribution in [0.1, 0.15) is 36.6 Å². The highest BCUT2D eigenvalue weighted by Crippen LogP contribution is 2.39. The molecule has 0 spiro atoms. The van der Waals surface area contributed by atoms with E-state index in [0.717, 1.165) is 60.7 Å². The maximum Gasteiger partial charge on any atom is 0.241 e. The topological polar surface area (TPSA) is 58.1 Å². The van der Waals surface area contributed by atoms with Crippen molar-refractivity contribution >= 4 is 33.3 Å². The highest BCUT2D eigenvalue weighted by molar-refractivity contribution is 7.19. The van der Waals surface area contributed by atoms with E-state index in [1.165, 1.54) is 16.9 Å². The summed E-state index contributed by atoms with van der Waals surface area (Å²) < 4.78 is 0. The standard InChI is InChI=1S/C17H22N4OS/c1-11-4-5-12-13(8-11)23-17-15(12)16(19-10-20-17)18-9-14(22)21-6-2-3-7-21/h10-11H,2-9H2,1H3,(H,18,19,20)/t11-/m0/s1. The summed E-state index contributed by atoms with van der Waals surface area (Å²) >= 11 is 1.79. The quantitative estimate of drug-likeness (QED) is 0.940. The van der Waals surface area contributed by atoms with E-state index < -0.39 is 0 Å². The number of amides is 1. The van der Waals surface area contributed by atoms with E-state index in [4.69, 9.17) is 0 Å². The van der Waals surface area contributed by atoms with Gasteiger partial charge >= 0.3 is 0 Å². The summed E-state index contributed by atoms with van der Waals surface area (Å²) in [6, 6.07) is 0. The third-order valence-corrected chi connectivity index (χ3v) is 6.12. The normalized spacial score (nSPS) is 20.7. The Kier molecular flexibility index (Phi) is 3.93. The van der Waals surface area contributed by atoms with Crippen molar-refractivity contribution in [3.8, 4) is 0 Å². The molecule has 4 rings (SSSR count). The molecule has 1 N–H and O–H groups in total. The van der Waals surface area contributed by atoms with Crippen LogP contribution in [0.25, 0.3) is 10.2 Å². The summed E-state index contributed by atoms with van der Waals surface area (Å²) in [4.78, 5) is 25.6. The maximum atomic E-state index is 12.2. The second-order valence-corrected chi connectivity index (χ2v) is 7.78. The van der Waals surface area contributed by atoms with Gasteiger partial charge in [-0.2, -0.15) is 0 Å². The molecule has 1 aliphatic heterocycles. The van der Waals surface area contributed by atoms with Crippen LogP contribution >= 0.6 is 11.3 Å². The van der Waals surface area contributed by atoms with Gasteiger partial charge in [-0.3, -0.25) is 4.79 Å². The molecule has 0 unspecified atom stereocenters. The second kappa shape index (κ2) is 6.07. The molecular weight excluding hydrogens is 308 g/mol. The number of anilines is 1. The lowest BCUT2D eigenvalue weighted by Gasteiger charge is -2.19. The van der Waals surface area contributed by atoms with E-state index in [1.807, 2.05) is 4.90 Å². The van der Waals surface area contributed by atoms with Gasteiger partial charge in [0, 0.05) is 18.0 Å². The van der Waals surface area contributed by atoms with E-state index in [9.17, 15) is 4.79 Å². The highest BCUT2D eigenvalue weighted by Gasteiger charge is 2.24. The van der Waals surface area contributed by atoms with Gasteiger partial charge in [-0.15, -0.1) is 11.3 Å². The molecule has 1 amide bonds. The van der Waals surface area contributed by atoms with Crippen molar-refractivity contribution in [1.29, 1.82) is 0 Å². The van der Waals surface area contributed by atoms with Crippen LogP contribution < -0.4 is 5.32 Å². The molecule has 6 heteroatoms. The summed E-state index contributed by atoms with van der Waals surface area (Å²) in [5.74, 6) is 1.75. The Labute approximate surface area is 140 Å². The number of aryl methyl sites for hydroxylation is 1. The minimum Gasteiger partial charge on any atom is -0.360 e. The fourth-order valence-electron chi connectivity index (χ4n) is 3.65. The molecule has 2 aliphatic rings. The van der Waals surface area contributed by atoms with Gasteiger partial charge in [0.15, 0.2) is 0 Å². The average molecular weight is 330 g/mol. The number of rotatable bonds is 3. The van der Waals surface area contributed by atoms with Gasteiger partial charge in [0.1, 0.15) is 17.0 Å². The zero-order chi connectivity index (χ0) is 15.8. The van der Waals surface area contributed by atoms with Crippen LogP contribution in [0, 0.1) is 5.92 Å². The lowest BCUT2D eigenvalue weighted by Crippen LogP contribution is -2.33. The van der Waals surface area contributed by atoms with Crippen molar-refractivity contribution in [2.75, 3.05) is 25.0 Å². The minimum absolute atomic E-state index is 0.173. The smallest absolute Gasteiger partial charge is 0.241 e. The van der Waals surface area contributed by atoms with Gasteiger partial charge < -0.3 is 10.2 Å². The molecule has 0 bridgehead atoms. The second-order valence-electron chi connectivity index (χ2n) is 6.70. The van der Waals surface area contributed by atoms with Gasteiger partial charge in [-0.05, 0) is 43.6 Å². The van der Waals surface area contributed by atoms with Gasteiger partial charge in [-0.1, -0.05) is 6.92 Å². The van der Waals surface area contributed by atoms with Crippen LogP contribution in [0.4, 0.5) is 5.82 Å². The van der Waals surface area contributed by atoms with Crippen molar-refractivity contribution in [2.24, 2.45) is 5.92 Å². The third kappa shape index (κ3) is 2.80. The number of carbonyl (C=O) groups is 1. The van der Waals surface area contributed by atoms with Crippen LogP contribution in [0.3, 0.4) is 0 Å². The number of likely N-dealkylation sites (tertiary alicyclic amines) is 1. The monoisotopic (exact) mass is 330 g/mol. The number of nitrogens with zero attached hydrogens (tertiary/aromatic N) is 3. The van der Waals surface area contributed by atoms with Crippen molar-refractivity contribution in [1.82, 2.24) is 14.9 Å². The van der Waals surface area contributed by atoms with Crippen LogP contribution in [0.2, 0.25) is 0 Å². The first-order valence-electron chi connectivity index (χ1n) is 8.49. The van der Waals surface area contributed by atoms with E-state index in [2.05, 4.69) is 22.2 Å². The number of hydrogen-bond acceptors (Lipinski definition) is 5. The van der Waals surface area contributed by atoms with Crippen molar-refractivity contribution in [3.63, 3.8) is 0 Å². The molecule has 5 nitrogen and oxygen atoms in total. The molecule has 0 radical (unpaired) electrons. The van der Waals surface area contributed by atoms with E-state index in [-0.39, 0.29) is 5.91 Å². The van der Waals surface area contributed by atoms with Crippen molar-refractivity contribution in [3.05, 3.63) is 16.8 Å². The van der Waals surface area contributed by atoms with Gasteiger partial charge in [0.05, 0.1) is 11.9 Å².